The zero-order valence-electron chi connectivity index (χ0n) is 14.9. The minimum absolute atomic E-state index is 0.147. The predicted molar refractivity (Wildman–Crippen MR) is 102 cm³/mol. The van der Waals surface area contributed by atoms with E-state index >= 15 is 0 Å². The summed E-state index contributed by atoms with van der Waals surface area (Å²) in [5, 5.41) is 2.74. The highest BCUT2D eigenvalue weighted by Gasteiger charge is 2.17. The molecule has 138 valence electrons. The van der Waals surface area contributed by atoms with Crippen molar-refractivity contribution >= 4 is 17.5 Å². The molecule has 0 atom stereocenters. The summed E-state index contributed by atoms with van der Waals surface area (Å²) in [6, 6.07) is 19.9. The average Bonchev–Trinajstić information content (AvgIpc) is 3.21. The van der Waals surface area contributed by atoms with Gasteiger partial charge in [-0.25, -0.2) is 0 Å². The Morgan fingerprint density at radius 2 is 1.74 bits per heavy atom. The lowest BCUT2D eigenvalue weighted by Gasteiger charge is -2.23. The van der Waals surface area contributed by atoms with Crippen molar-refractivity contribution in [2.75, 3.05) is 18.0 Å². The highest BCUT2D eigenvalue weighted by molar-refractivity contribution is 5.94. The van der Waals surface area contributed by atoms with Gasteiger partial charge in [0.1, 0.15) is 5.75 Å². The van der Waals surface area contributed by atoms with E-state index in [4.69, 9.17) is 9.15 Å². The second-order valence-electron chi connectivity index (χ2n) is 5.79. The van der Waals surface area contributed by atoms with Crippen molar-refractivity contribution in [2.45, 2.75) is 6.92 Å². The monoisotopic (exact) mass is 364 g/mol. The fourth-order valence-corrected chi connectivity index (χ4v) is 2.61. The number of hydrogen-bond acceptors (Lipinski definition) is 4. The molecule has 6 nitrogen and oxygen atoms in total. The first kappa shape index (κ1) is 18.3. The summed E-state index contributed by atoms with van der Waals surface area (Å²) in [5.41, 5.74) is 0.640. The Bertz CT molecular complexity index is 892. The number of nitrogens with zero attached hydrogens (tertiary/aromatic N) is 1. The van der Waals surface area contributed by atoms with Crippen molar-refractivity contribution in [2.24, 2.45) is 0 Å². The SMILES string of the molecule is CC(=O)N(CCNC(=O)c1ccco1)c1ccccc1Oc1ccccc1. The van der Waals surface area contributed by atoms with Gasteiger partial charge in [-0.1, -0.05) is 30.3 Å². The molecule has 6 heteroatoms. The molecule has 0 bridgehead atoms. The second-order valence-corrected chi connectivity index (χ2v) is 5.79. The standard InChI is InChI=1S/C21H20N2O4/c1-16(24)23(14-13-22-21(25)20-12-7-15-26-20)18-10-5-6-11-19(18)27-17-8-3-2-4-9-17/h2-12,15H,13-14H2,1H3,(H,22,25). The number of benzene rings is 2. The van der Waals surface area contributed by atoms with Gasteiger partial charge in [0.25, 0.3) is 5.91 Å². The molecule has 0 aliphatic carbocycles. The van der Waals surface area contributed by atoms with Gasteiger partial charge in [0.05, 0.1) is 12.0 Å². The van der Waals surface area contributed by atoms with Crippen LogP contribution in [0.1, 0.15) is 17.5 Å². The minimum Gasteiger partial charge on any atom is -0.459 e. The average molecular weight is 364 g/mol. The Labute approximate surface area is 157 Å². The van der Waals surface area contributed by atoms with Crippen molar-refractivity contribution in [3.05, 3.63) is 78.8 Å². The van der Waals surface area contributed by atoms with Gasteiger partial charge in [0.15, 0.2) is 11.5 Å². The number of amides is 2. The highest BCUT2D eigenvalue weighted by Crippen LogP contribution is 2.32. The van der Waals surface area contributed by atoms with Crippen molar-refractivity contribution in [1.82, 2.24) is 5.32 Å². The number of hydrogen-bond donors (Lipinski definition) is 1. The fourth-order valence-electron chi connectivity index (χ4n) is 2.61. The maximum atomic E-state index is 12.2. The molecule has 27 heavy (non-hydrogen) atoms. The van der Waals surface area contributed by atoms with E-state index in [0.29, 0.717) is 23.7 Å². The van der Waals surface area contributed by atoms with Crippen molar-refractivity contribution in [3.8, 4) is 11.5 Å². The van der Waals surface area contributed by atoms with Crippen molar-refractivity contribution in [1.29, 1.82) is 0 Å². The van der Waals surface area contributed by atoms with Gasteiger partial charge >= 0.3 is 0 Å². The summed E-state index contributed by atoms with van der Waals surface area (Å²) in [5.74, 6) is 1.01. The van der Waals surface area contributed by atoms with Gasteiger partial charge in [-0.05, 0) is 36.4 Å². The van der Waals surface area contributed by atoms with E-state index in [1.165, 1.54) is 13.2 Å². The first-order valence-corrected chi connectivity index (χ1v) is 8.57. The van der Waals surface area contributed by atoms with Crippen LogP contribution in [-0.2, 0) is 4.79 Å². The van der Waals surface area contributed by atoms with Crippen molar-refractivity contribution in [3.63, 3.8) is 0 Å². The van der Waals surface area contributed by atoms with Crippen molar-refractivity contribution < 1.29 is 18.7 Å². The molecule has 0 aliphatic heterocycles. The molecule has 0 unspecified atom stereocenters. The number of para-hydroxylation sites is 3. The molecule has 3 rings (SSSR count). The van der Waals surface area contributed by atoms with Crippen LogP contribution in [0.15, 0.2) is 77.4 Å². The molecule has 2 aromatic carbocycles. The fraction of sp³-hybridized carbons (Fsp3) is 0.143. The zero-order chi connectivity index (χ0) is 19.1. The van der Waals surface area contributed by atoms with Gasteiger partial charge < -0.3 is 19.4 Å². The van der Waals surface area contributed by atoms with E-state index in [1.54, 1.807) is 23.1 Å². The highest BCUT2D eigenvalue weighted by atomic mass is 16.5. The number of nitrogens with one attached hydrogen (secondary N) is 1. The summed E-state index contributed by atoms with van der Waals surface area (Å²) in [6.07, 6.45) is 1.44. The molecule has 0 saturated carbocycles. The second kappa shape index (κ2) is 8.71. The van der Waals surface area contributed by atoms with E-state index < -0.39 is 0 Å². The number of carbonyl (C=O) groups excluding carboxylic acids is 2. The Morgan fingerprint density at radius 3 is 2.44 bits per heavy atom. The molecule has 1 aromatic heterocycles. The van der Waals surface area contributed by atoms with Crippen LogP contribution in [-0.4, -0.2) is 24.9 Å². The smallest absolute Gasteiger partial charge is 0.287 e. The quantitative estimate of drug-likeness (QED) is 0.691. The summed E-state index contributed by atoms with van der Waals surface area (Å²) >= 11 is 0. The van der Waals surface area contributed by atoms with Gasteiger partial charge in [-0.3, -0.25) is 9.59 Å². The van der Waals surface area contributed by atoms with Crippen LogP contribution in [0.4, 0.5) is 5.69 Å². The van der Waals surface area contributed by atoms with E-state index in [2.05, 4.69) is 5.32 Å². The van der Waals surface area contributed by atoms with E-state index in [-0.39, 0.29) is 24.1 Å². The number of carbonyl (C=O) groups is 2. The molecule has 0 aliphatic rings. The molecular formula is C21H20N2O4. The number of rotatable bonds is 7. The van der Waals surface area contributed by atoms with E-state index in [9.17, 15) is 9.59 Å². The maximum Gasteiger partial charge on any atom is 0.287 e. The number of furan rings is 1. The Morgan fingerprint density at radius 1 is 1.00 bits per heavy atom. The lowest BCUT2D eigenvalue weighted by atomic mass is 10.2. The van der Waals surface area contributed by atoms with E-state index in [0.717, 1.165) is 0 Å². The van der Waals surface area contributed by atoms with Crippen LogP contribution in [0.2, 0.25) is 0 Å². The topological polar surface area (TPSA) is 71.8 Å². The van der Waals surface area contributed by atoms with Crippen LogP contribution < -0.4 is 15.0 Å². The minimum atomic E-state index is -0.322. The van der Waals surface area contributed by atoms with Gasteiger partial charge in [0.2, 0.25) is 5.91 Å². The molecule has 3 aromatic rings. The molecule has 1 heterocycles. The summed E-state index contributed by atoms with van der Waals surface area (Å²) in [7, 11) is 0. The molecule has 0 spiro atoms. The molecule has 0 radical (unpaired) electrons. The third-order valence-electron chi connectivity index (χ3n) is 3.87. The summed E-state index contributed by atoms with van der Waals surface area (Å²) < 4.78 is 11.0. The van der Waals surface area contributed by atoms with Crippen LogP contribution in [0, 0.1) is 0 Å². The summed E-state index contributed by atoms with van der Waals surface area (Å²) in [4.78, 5) is 25.7. The third-order valence-corrected chi connectivity index (χ3v) is 3.87. The van der Waals surface area contributed by atoms with Gasteiger partial charge in [-0.2, -0.15) is 0 Å². The van der Waals surface area contributed by atoms with Crippen LogP contribution in [0.5, 0.6) is 11.5 Å². The Hall–Kier alpha value is -3.54. The van der Waals surface area contributed by atoms with Gasteiger partial charge in [-0.15, -0.1) is 0 Å². The molecule has 1 N–H and O–H groups in total. The molecular weight excluding hydrogens is 344 g/mol. The molecule has 0 saturated heterocycles. The molecule has 0 fully saturated rings. The number of anilines is 1. The Balaban J connectivity index is 1.71. The zero-order valence-corrected chi connectivity index (χ0v) is 14.9. The van der Waals surface area contributed by atoms with Crippen LogP contribution >= 0.6 is 0 Å². The first-order chi connectivity index (χ1) is 13.1. The maximum absolute atomic E-state index is 12.2. The van der Waals surface area contributed by atoms with Crippen LogP contribution in [0.25, 0.3) is 0 Å². The Kier molecular flexibility index (Phi) is 5.89. The largest absolute Gasteiger partial charge is 0.459 e. The predicted octanol–water partition coefficient (Wildman–Crippen LogP) is 3.85. The first-order valence-electron chi connectivity index (χ1n) is 8.57. The third kappa shape index (κ3) is 4.76. The lowest BCUT2D eigenvalue weighted by molar-refractivity contribution is -0.116. The number of ether oxygens (including phenoxy) is 1. The van der Waals surface area contributed by atoms with Crippen LogP contribution in [0.3, 0.4) is 0 Å². The normalized spacial score (nSPS) is 10.3. The lowest BCUT2D eigenvalue weighted by Crippen LogP contribution is -2.37. The molecule has 2 amide bonds. The summed E-state index contributed by atoms with van der Waals surface area (Å²) in [6.45, 7) is 2.06. The van der Waals surface area contributed by atoms with Gasteiger partial charge in [0, 0.05) is 20.0 Å². The van der Waals surface area contributed by atoms with E-state index in [1.807, 2.05) is 48.5 Å².